The Balaban J connectivity index is 2.75. The molecule has 0 bridgehead atoms. The zero-order valence-corrected chi connectivity index (χ0v) is 12.1. The maximum atomic E-state index is 11.4. The summed E-state index contributed by atoms with van der Waals surface area (Å²) in [5, 5.41) is 2.71. The number of halogens is 1. The van der Waals surface area contributed by atoms with Gasteiger partial charge in [0.15, 0.2) is 10.9 Å². The fourth-order valence-electron chi connectivity index (χ4n) is 1.45. The van der Waals surface area contributed by atoms with Crippen LogP contribution < -0.4 is 4.90 Å². The van der Waals surface area contributed by atoms with E-state index in [9.17, 15) is 4.79 Å². The summed E-state index contributed by atoms with van der Waals surface area (Å²) in [4.78, 5) is 18.0. The average molecular weight is 275 g/mol. The number of hydrogen-bond donors (Lipinski definition) is 0. The van der Waals surface area contributed by atoms with Gasteiger partial charge in [0.2, 0.25) is 0 Å². The smallest absolute Gasteiger partial charge is 0.196 e. The Kier molecular flexibility index (Phi) is 5.92. The Hall–Kier alpha value is -0.610. The van der Waals surface area contributed by atoms with Gasteiger partial charge in [-0.25, -0.2) is 4.98 Å². The van der Waals surface area contributed by atoms with Crippen molar-refractivity contribution in [2.24, 2.45) is 5.92 Å². The molecule has 3 nitrogen and oxygen atoms in total. The highest BCUT2D eigenvalue weighted by Crippen LogP contribution is 2.22. The van der Waals surface area contributed by atoms with E-state index in [0.717, 1.165) is 24.6 Å². The lowest BCUT2D eigenvalue weighted by Gasteiger charge is -2.23. The van der Waals surface area contributed by atoms with Crippen LogP contribution in [0.2, 0.25) is 0 Å². The second kappa shape index (κ2) is 6.97. The minimum atomic E-state index is -0.103. The number of carbonyl (C=O) groups excluding carboxylic acids is 1. The molecule has 1 aromatic rings. The predicted molar refractivity (Wildman–Crippen MR) is 74.5 cm³/mol. The molecule has 0 aliphatic heterocycles. The van der Waals surface area contributed by atoms with E-state index in [1.165, 1.54) is 11.3 Å². The molecule has 0 spiro atoms. The molecule has 5 heteroatoms. The number of aromatic nitrogens is 1. The van der Waals surface area contributed by atoms with Crippen LogP contribution in [0.5, 0.6) is 0 Å². The van der Waals surface area contributed by atoms with Gasteiger partial charge >= 0.3 is 0 Å². The predicted octanol–water partition coefficient (Wildman–Crippen LogP) is 3.44. The number of nitrogens with zero attached hydrogens (tertiary/aromatic N) is 2. The van der Waals surface area contributed by atoms with Crippen molar-refractivity contribution in [2.45, 2.75) is 27.2 Å². The molecule has 17 heavy (non-hydrogen) atoms. The van der Waals surface area contributed by atoms with Crippen molar-refractivity contribution in [3.05, 3.63) is 11.1 Å². The van der Waals surface area contributed by atoms with Crippen LogP contribution in [0.4, 0.5) is 5.13 Å². The first kappa shape index (κ1) is 14.5. The number of rotatable bonds is 7. The van der Waals surface area contributed by atoms with E-state index in [-0.39, 0.29) is 11.7 Å². The first-order valence-corrected chi connectivity index (χ1v) is 7.33. The summed E-state index contributed by atoms with van der Waals surface area (Å²) in [7, 11) is 0. The first-order chi connectivity index (χ1) is 8.12. The molecule has 0 radical (unpaired) electrons. The molecule has 0 saturated carbocycles. The number of hydrogen-bond acceptors (Lipinski definition) is 4. The lowest BCUT2D eigenvalue weighted by molar-refractivity contribution is 0.101. The number of Topliss-reactive ketones (excluding diaryl/α,β-unsaturated/α-hetero) is 1. The molecule has 0 N–H and O–H groups in total. The Bertz CT molecular complexity index is 367. The normalized spacial score (nSPS) is 12.5. The average Bonchev–Trinajstić information content (AvgIpc) is 2.83. The molecule has 0 aliphatic carbocycles. The summed E-state index contributed by atoms with van der Waals surface area (Å²) < 4.78 is 0. The van der Waals surface area contributed by atoms with Crippen molar-refractivity contribution >= 4 is 33.9 Å². The minimum absolute atomic E-state index is 0.000656. The molecule has 0 aromatic carbocycles. The van der Waals surface area contributed by atoms with Crippen LogP contribution in [0.15, 0.2) is 5.38 Å². The van der Waals surface area contributed by atoms with Gasteiger partial charge in [-0.1, -0.05) is 20.3 Å². The summed E-state index contributed by atoms with van der Waals surface area (Å²) in [6.07, 6.45) is 1.15. The summed E-state index contributed by atoms with van der Waals surface area (Å²) in [5.74, 6) is 0.528. The van der Waals surface area contributed by atoms with Crippen LogP contribution in [0.3, 0.4) is 0 Å². The summed E-state index contributed by atoms with van der Waals surface area (Å²) in [5.41, 5.74) is 0.489. The Labute approximate surface area is 112 Å². The summed E-state index contributed by atoms with van der Waals surface area (Å²) in [6.45, 7) is 8.40. The summed E-state index contributed by atoms with van der Waals surface area (Å²) in [6, 6.07) is 0. The van der Waals surface area contributed by atoms with E-state index >= 15 is 0 Å². The van der Waals surface area contributed by atoms with Crippen molar-refractivity contribution in [1.82, 2.24) is 4.98 Å². The van der Waals surface area contributed by atoms with Gasteiger partial charge in [-0.3, -0.25) is 4.79 Å². The van der Waals surface area contributed by atoms with Crippen molar-refractivity contribution in [1.29, 1.82) is 0 Å². The Morgan fingerprint density at radius 1 is 1.59 bits per heavy atom. The number of ketones is 1. The largest absolute Gasteiger partial charge is 0.348 e. The summed E-state index contributed by atoms with van der Waals surface area (Å²) >= 11 is 7.03. The second-order valence-electron chi connectivity index (χ2n) is 4.12. The van der Waals surface area contributed by atoms with Crippen molar-refractivity contribution in [3.8, 4) is 0 Å². The van der Waals surface area contributed by atoms with Gasteiger partial charge in [-0.2, -0.15) is 0 Å². The van der Waals surface area contributed by atoms with Gasteiger partial charge in [0, 0.05) is 18.5 Å². The molecule has 0 fully saturated rings. The fourth-order valence-corrected chi connectivity index (χ4v) is 2.50. The van der Waals surface area contributed by atoms with Gasteiger partial charge in [-0.15, -0.1) is 22.9 Å². The first-order valence-electron chi connectivity index (χ1n) is 5.91. The zero-order valence-electron chi connectivity index (χ0n) is 10.6. The number of anilines is 1. The maximum Gasteiger partial charge on any atom is 0.196 e. The SMILES string of the molecule is CCC(C)CN(CC)c1nc(C(=O)CCl)cs1. The standard InChI is InChI=1S/C12H19ClN2OS/c1-4-9(3)7-15(5-2)12-14-10(8-17-12)11(16)6-13/h8-9H,4-7H2,1-3H3. The van der Waals surface area contributed by atoms with Crippen molar-refractivity contribution < 1.29 is 4.79 Å². The van der Waals surface area contributed by atoms with E-state index < -0.39 is 0 Å². The van der Waals surface area contributed by atoms with Crippen LogP contribution >= 0.6 is 22.9 Å². The molecule has 1 rings (SSSR count). The van der Waals surface area contributed by atoms with Crippen LogP contribution in [0.1, 0.15) is 37.7 Å². The Morgan fingerprint density at radius 2 is 2.29 bits per heavy atom. The number of thiazole rings is 1. The van der Waals surface area contributed by atoms with Gasteiger partial charge in [0.25, 0.3) is 0 Å². The quantitative estimate of drug-likeness (QED) is 0.564. The molecular weight excluding hydrogens is 256 g/mol. The van der Waals surface area contributed by atoms with Gasteiger partial charge in [-0.05, 0) is 12.8 Å². The van der Waals surface area contributed by atoms with E-state index in [2.05, 4.69) is 30.7 Å². The third-order valence-corrected chi connectivity index (χ3v) is 3.92. The molecule has 1 heterocycles. The molecule has 0 saturated heterocycles. The zero-order chi connectivity index (χ0) is 12.8. The second-order valence-corrected chi connectivity index (χ2v) is 5.23. The molecule has 1 aromatic heterocycles. The lowest BCUT2D eigenvalue weighted by atomic mass is 10.1. The van der Waals surface area contributed by atoms with Crippen LogP contribution in [0, 0.1) is 5.92 Å². The van der Waals surface area contributed by atoms with Crippen molar-refractivity contribution in [2.75, 3.05) is 23.9 Å². The van der Waals surface area contributed by atoms with E-state index in [1.807, 2.05) is 0 Å². The highest BCUT2D eigenvalue weighted by Gasteiger charge is 2.15. The number of carbonyl (C=O) groups is 1. The van der Waals surface area contributed by atoms with Gasteiger partial charge in [0.05, 0.1) is 5.88 Å². The topological polar surface area (TPSA) is 33.2 Å². The van der Waals surface area contributed by atoms with E-state index in [0.29, 0.717) is 11.6 Å². The van der Waals surface area contributed by atoms with Crippen LogP contribution in [-0.4, -0.2) is 29.7 Å². The molecule has 0 aliphatic rings. The van der Waals surface area contributed by atoms with E-state index in [1.54, 1.807) is 5.38 Å². The van der Waals surface area contributed by atoms with E-state index in [4.69, 9.17) is 11.6 Å². The molecule has 96 valence electrons. The third kappa shape index (κ3) is 3.96. The van der Waals surface area contributed by atoms with Gasteiger partial charge < -0.3 is 4.90 Å². The third-order valence-electron chi connectivity index (χ3n) is 2.78. The Morgan fingerprint density at radius 3 is 2.82 bits per heavy atom. The fraction of sp³-hybridized carbons (Fsp3) is 0.667. The molecule has 1 unspecified atom stereocenters. The maximum absolute atomic E-state index is 11.4. The monoisotopic (exact) mass is 274 g/mol. The molecule has 1 atom stereocenters. The molecular formula is C12H19ClN2OS. The minimum Gasteiger partial charge on any atom is -0.348 e. The van der Waals surface area contributed by atoms with Crippen LogP contribution in [0.25, 0.3) is 0 Å². The van der Waals surface area contributed by atoms with Gasteiger partial charge in [0.1, 0.15) is 5.69 Å². The highest BCUT2D eigenvalue weighted by atomic mass is 35.5. The van der Waals surface area contributed by atoms with Crippen molar-refractivity contribution in [3.63, 3.8) is 0 Å². The lowest BCUT2D eigenvalue weighted by Crippen LogP contribution is -2.28. The van der Waals surface area contributed by atoms with Crippen LogP contribution in [-0.2, 0) is 0 Å². The number of alkyl halides is 1. The molecule has 0 amide bonds. The highest BCUT2D eigenvalue weighted by molar-refractivity contribution is 7.14.